The van der Waals surface area contributed by atoms with Crippen LogP contribution >= 0.6 is 11.3 Å². The molecule has 2 N–H and O–H groups in total. The number of phenolic OH excluding ortho intramolecular Hbond substituents is 1. The first-order valence-corrected chi connectivity index (χ1v) is 6.08. The molecule has 1 aromatic carbocycles. The Morgan fingerprint density at radius 3 is 2.89 bits per heavy atom. The molecular weight excluding hydrogens is 254 g/mol. The number of nitrogens with zero attached hydrogens (tertiary/aromatic N) is 1. The van der Waals surface area contributed by atoms with Gasteiger partial charge in [-0.25, -0.2) is 9.78 Å². The number of hydrogen-bond donors (Lipinski definition) is 2. The molecule has 2 aromatic rings. The maximum Gasteiger partial charge on any atom is 0.347 e. The predicted molar refractivity (Wildman–Crippen MR) is 67.3 cm³/mol. The monoisotopic (exact) mass is 265 g/mol. The molecule has 6 heteroatoms. The van der Waals surface area contributed by atoms with E-state index in [-0.39, 0.29) is 10.6 Å². The summed E-state index contributed by atoms with van der Waals surface area (Å²) in [6.07, 6.45) is 1.32. The van der Waals surface area contributed by atoms with E-state index in [0.29, 0.717) is 22.9 Å². The average molecular weight is 265 g/mol. The summed E-state index contributed by atoms with van der Waals surface area (Å²) in [7, 11) is 0. The number of carboxylic acid groups (broad SMARTS) is 1. The van der Waals surface area contributed by atoms with Crippen molar-refractivity contribution < 1.29 is 19.7 Å². The van der Waals surface area contributed by atoms with Gasteiger partial charge in [-0.15, -0.1) is 11.3 Å². The molecule has 0 aliphatic carbocycles. The minimum absolute atomic E-state index is 0.0515. The van der Waals surface area contributed by atoms with Crippen LogP contribution in [0, 0.1) is 0 Å². The summed E-state index contributed by atoms with van der Waals surface area (Å²) in [4.78, 5) is 15.0. The van der Waals surface area contributed by atoms with Gasteiger partial charge in [0.25, 0.3) is 0 Å². The molecule has 0 atom stereocenters. The van der Waals surface area contributed by atoms with Crippen LogP contribution < -0.4 is 4.74 Å². The SMILES string of the molecule is CCOc1cc(-c2ncc(C(=O)O)s2)ccc1O. The van der Waals surface area contributed by atoms with Crippen molar-refractivity contribution in [3.05, 3.63) is 29.3 Å². The van der Waals surface area contributed by atoms with Crippen LogP contribution in [0.15, 0.2) is 24.4 Å². The molecule has 0 radical (unpaired) electrons. The Hall–Kier alpha value is -2.08. The van der Waals surface area contributed by atoms with Crippen LogP contribution in [0.5, 0.6) is 11.5 Å². The van der Waals surface area contributed by atoms with Crippen molar-refractivity contribution in [3.63, 3.8) is 0 Å². The average Bonchev–Trinajstić information content (AvgIpc) is 2.82. The van der Waals surface area contributed by atoms with Gasteiger partial charge >= 0.3 is 5.97 Å². The number of benzene rings is 1. The molecule has 1 heterocycles. The third-order valence-corrected chi connectivity index (χ3v) is 3.26. The van der Waals surface area contributed by atoms with Crippen LogP contribution in [0.2, 0.25) is 0 Å². The van der Waals surface area contributed by atoms with Gasteiger partial charge in [0.2, 0.25) is 0 Å². The third-order valence-electron chi connectivity index (χ3n) is 2.22. The fraction of sp³-hybridized carbons (Fsp3) is 0.167. The van der Waals surface area contributed by atoms with Crippen molar-refractivity contribution >= 4 is 17.3 Å². The molecule has 0 saturated heterocycles. The fourth-order valence-corrected chi connectivity index (χ4v) is 2.18. The number of carboxylic acids is 1. The third kappa shape index (κ3) is 2.43. The minimum Gasteiger partial charge on any atom is -0.504 e. The molecule has 94 valence electrons. The van der Waals surface area contributed by atoms with Gasteiger partial charge in [0, 0.05) is 5.56 Å². The molecule has 0 fully saturated rings. The Kier molecular flexibility index (Phi) is 3.47. The number of aromatic nitrogens is 1. The Balaban J connectivity index is 2.37. The smallest absolute Gasteiger partial charge is 0.347 e. The van der Waals surface area contributed by atoms with Gasteiger partial charge in [0.05, 0.1) is 12.8 Å². The van der Waals surface area contributed by atoms with Crippen molar-refractivity contribution in [1.29, 1.82) is 0 Å². The van der Waals surface area contributed by atoms with E-state index in [1.165, 1.54) is 12.3 Å². The van der Waals surface area contributed by atoms with Crippen LogP contribution in [0.25, 0.3) is 10.6 Å². The zero-order valence-electron chi connectivity index (χ0n) is 9.58. The molecule has 0 aliphatic rings. The summed E-state index contributed by atoms with van der Waals surface area (Å²) in [5, 5.41) is 19.0. The lowest BCUT2D eigenvalue weighted by molar-refractivity contribution is 0.0702. The second-order valence-corrected chi connectivity index (χ2v) is 4.48. The highest BCUT2D eigenvalue weighted by molar-refractivity contribution is 7.16. The normalized spacial score (nSPS) is 10.3. The van der Waals surface area contributed by atoms with E-state index in [0.717, 1.165) is 11.3 Å². The second kappa shape index (κ2) is 5.05. The summed E-state index contributed by atoms with van der Waals surface area (Å²) >= 11 is 1.08. The van der Waals surface area contributed by atoms with Gasteiger partial charge in [0.1, 0.15) is 9.88 Å². The summed E-state index contributed by atoms with van der Waals surface area (Å²) in [5.41, 5.74) is 0.716. The Labute approximate surface area is 107 Å². The first-order valence-electron chi connectivity index (χ1n) is 5.27. The van der Waals surface area contributed by atoms with E-state index >= 15 is 0 Å². The van der Waals surface area contributed by atoms with Crippen molar-refractivity contribution in [1.82, 2.24) is 4.98 Å². The van der Waals surface area contributed by atoms with Gasteiger partial charge in [-0.05, 0) is 25.1 Å². The molecule has 0 spiro atoms. The highest BCUT2D eigenvalue weighted by Gasteiger charge is 2.12. The highest BCUT2D eigenvalue weighted by atomic mass is 32.1. The minimum atomic E-state index is -0.998. The van der Waals surface area contributed by atoms with Crippen LogP contribution in [0.4, 0.5) is 0 Å². The number of thiazole rings is 1. The molecular formula is C12H11NO4S. The molecule has 18 heavy (non-hydrogen) atoms. The van der Waals surface area contributed by atoms with Gasteiger partial charge in [0.15, 0.2) is 11.5 Å². The lowest BCUT2D eigenvalue weighted by Crippen LogP contribution is -1.92. The molecule has 0 saturated carbocycles. The van der Waals surface area contributed by atoms with Gasteiger partial charge < -0.3 is 14.9 Å². The van der Waals surface area contributed by atoms with Gasteiger partial charge in [-0.3, -0.25) is 0 Å². The van der Waals surface area contributed by atoms with Crippen LogP contribution in [0.1, 0.15) is 16.6 Å². The molecule has 5 nitrogen and oxygen atoms in total. The quantitative estimate of drug-likeness (QED) is 0.888. The van der Waals surface area contributed by atoms with Gasteiger partial charge in [-0.1, -0.05) is 0 Å². The zero-order valence-corrected chi connectivity index (χ0v) is 10.4. The lowest BCUT2D eigenvalue weighted by Gasteiger charge is -2.06. The highest BCUT2D eigenvalue weighted by Crippen LogP contribution is 2.33. The summed E-state index contributed by atoms with van der Waals surface area (Å²) in [6, 6.07) is 4.81. The van der Waals surface area contributed by atoms with E-state index < -0.39 is 5.97 Å². The van der Waals surface area contributed by atoms with Gasteiger partial charge in [-0.2, -0.15) is 0 Å². The van der Waals surface area contributed by atoms with Crippen molar-refractivity contribution in [2.75, 3.05) is 6.61 Å². The van der Waals surface area contributed by atoms with E-state index in [1.807, 2.05) is 6.92 Å². The lowest BCUT2D eigenvalue weighted by atomic mass is 10.2. The van der Waals surface area contributed by atoms with Crippen LogP contribution in [-0.4, -0.2) is 27.8 Å². The number of carbonyl (C=O) groups is 1. The largest absolute Gasteiger partial charge is 0.504 e. The zero-order chi connectivity index (χ0) is 13.1. The maximum atomic E-state index is 10.8. The Morgan fingerprint density at radius 1 is 1.50 bits per heavy atom. The van der Waals surface area contributed by atoms with Crippen LogP contribution in [0.3, 0.4) is 0 Å². The molecule has 0 aliphatic heterocycles. The Morgan fingerprint density at radius 2 is 2.28 bits per heavy atom. The fourth-order valence-electron chi connectivity index (χ4n) is 1.42. The summed E-state index contributed by atoms with van der Waals surface area (Å²) in [5.74, 6) is -0.583. The van der Waals surface area contributed by atoms with E-state index in [1.54, 1.807) is 12.1 Å². The maximum absolute atomic E-state index is 10.8. The second-order valence-electron chi connectivity index (χ2n) is 3.45. The molecule has 2 rings (SSSR count). The summed E-state index contributed by atoms with van der Waals surface area (Å²) in [6.45, 7) is 2.26. The molecule has 0 unspecified atom stereocenters. The number of phenols is 1. The summed E-state index contributed by atoms with van der Waals surface area (Å²) < 4.78 is 5.26. The molecule has 0 bridgehead atoms. The van der Waals surface area contributed by atoms with E-state index in [9.17, 15) is 9.90 Å². The molecule has 0 amide bonds. The van der Waals surface area contributed by atoms with E-state index in [4.69, 9.17) is 9.84 Å². The Bertz CT molecular complexity index is 579. The van der Waals surface area contributed by atoms with Crippen molar-refractivity contribution in [2.45, 2.75) is 6.92 Å². The van der Waals surface area contributed by atoms with Crippen molar-refractivity contribution in [3.8, 4) is 22.1 Å². The molecule has 1 aromatic heterocycles. The first kappa shape index (κ1) is 12.4. The standard InChI is InChI=1S/C12H11NO4S/c1-2-17-9-5-7(3-4-8(9)14)11-13-6-10(18-11)12(15)16/h3-6,14H,2H2,1H3,(H,15,16). The predicted octanol–water partition coefficient (Wildman–Crippen LogP) is 2.61. The number of aromatic carboxylic acids is 1. The number of aromatic hydroxyl groups is 1. The van der Waals surface area contributed by atoms with E-state index in [2.05, 4.69) is 4.98 Å². The number of rotatable bonds is 4. The topological polar surface area (TPSA) is 79.7 Å². The number of hydrogen-bond acceptors (Lipinski definition) is 5. The first-order chi connectivity index (χ1) is 8.61. The number of ether oxygens (including phenoxy) is 1. The van der Waals surface area contributed by atoms with Crippen LogP contribution in [-0.2, 0) is 0 Å². The van der Waals surface area contributed by atoms with Crippen molar-refractivity contribution in [2.24, 2.45) is 0 Å².